The van der Waals surface area contributed by atoms with E-state index in [1.165, 1.54) is 0 Å². The topological polar surface area (TPSA) is 80.2 Å². The highest BCUT2D eigenvalue weighted by Gasteiger charge is 2.30. The molecule has 0 aliphatic heterocycles. The van der Waals surface area contributed by atoms with Crippen molar-refractivity contribution in [1.29, 1.82) is 0 Å². The third-order valence-electron chi connectivity index (χ3n) is 6.23. The summed E-state index contributed by atoms with van der Waals surface area (Å²) >= 11 is 6.09. The van der Waals surface area contributed by atoms with Crippen molar-refractivity contribution in [2.75, 3.05) is 5.32 Å². The summed E-state index contributed by atoms with van der Waals surface area (Å²) < 4.78 is 1.62. The van der Waals surface area contributed by atoms with Gasteiger partial charge in [0.1, 0.15) is 0 Å². The molecule has 0 unspecified atom stereocenters. The molecule has 0 radical (unpaired) electrons. The van der Waals surface area contributed by atoms with E-state index >= 15 is 0 Å². The van der Waals surface area contributed by atoms with Gasteiger partial charge in [0.25, 0.3) is 17.6 Å². The molecule has 1 aliphatic rings. The number of anilines is 1. The van der Waals surface area contributed by atoms with E-state index in [0.717, 1.165) is 31.2 Å². The largest absolute Gasteiger partial charge is 0.346 e. The van der Waals surface area contributed by atoms with Gasteiger partial charge < -0.3 is 15.2 Å². The summed E-state index contributed by atoms with van der Waals surface area (Å²) in [4.78, 5) is 38.6. The molecule has 0 bridgehead atoms. The Bertz CT molecular complexity index is 1010. The molecule has 1 fully saturated rings. The number of carbonyl (C=O) groups is 3. The maximum Gasteiger partial charge on any atom is 0.294 e. The minimum atomic E-state index is -0.612. The molecule has 1 saturated carbocycles. The van der Waals surface area contributed by atoms with E-state index in [2.05, 4.69) is 17.6 Å². The summed E-state index contributed by atoms with van der Waals surface area (Å²) in [6, 6.07) is 5.33. The Morgan fingerprint density at radius 1 is 1.03 bits per heavy atom. The lowest BCUT2D eigenvalue weighted by Crippen LogP contribution is -2.41. The SMILES string of the molecule is Cc1cc(Cl)cc(NC(=O)c2c(C)c(C(=O)C(=O)NC3CCC(C)CC3)n(C)c2C)c1. The average molecular weight is 444 g/mol. The molecule has 3 rings (SSSR count). The lowest BCUT2D eigenvalue weighted by Gasteiger charge is -2.26. The minimum absolute atomic E-state index is 0.0307. The van der Waals surface area contributed by atoms with Gasteiger partial charge in [-0.05, 0) is 81.7 Å². The van der Waals surface area contributed by atoms with Crippen LogP contribution in [0.3, 0.4) is 0 Å². The van der Waals surface area contributed by atoms with Gasteiger partial charge in [-0.1, -0.05) is 18.5 Å². The van der Waals surface area contributed by atoms with Gasteiger partial charge in [-0.25, -0.2) is 0 Å². The predicted molar refractivity (Wildman–Crippen MR) is 123 cm³/mol. The van der Waals surface area contributed by atoms with Crippen molar-refractivity contribution in [1.82, 2.24) is 9.88 Å². The molecule has 6 nitrogen and oxygen atoms in total. The van der Waals surface area contributed by atoms with Crippen LogP contribution in [0.1, 0.15) is 70.3 Å². The van der Waals surface area contributed by atoms with Crippen molar-refractivity contribution in [3.05, 3.63) is 51.3 Å². The first-order valence-corrected chi connectivity index (χ1v) is 11.1. The van der Waals surface area contributed by atoms with Gasteiger partial charge >= 0.3 is 0 Å². The Balaban J connectivity index is 1.81. The van der Waals surface area contributed by atoms with Crippen LogP contribution in [-0.2, 0) is 11.8 Å². The molecule has 2 amide bonds. The molecular weight excluding hydrogens is 414 g/mol. The van der Waals surface area contributed by atoms with Crippen LogP contribution in [-0.4, -0.2) is 28.2 Å². The predicted octanol–water partition coefficient (Wildman–Crippen LogP) is 4.73. The molecule has 1 heterocycles. The molecule has 0 spiro atoms. The van der Waals surface area contributed by atoms with Gasteiger partial charge in [0.15, 0.2) is 0 Å². The normalized spacial score (nSPS) is 18.5. The number of aryl methyl sites for hydroxylation is 1. The fourth-order valence-electron chi connectivity index (χ4n) is 4.40. The molecule has 31 heavy (non-hydrogen) atoms. The maximum absolute atomic E-state index is 13.0. The van der Waals surface area contributed by atoms with Crippen LogP contribution in [0.4, 0.5) is 5.69 Å². The molecule has 7 heteroatoms. The van der Waals surface area contributed by atoms with Crippen LogP contribution >= 0.6 is 11.6 Å². The van der Waals surface area contributed by atoms with Gasteiger partial charge in [0, 0.05) is 29.5 Å². The zero-order chi connectivity index (χ0) is 22.9. The molecule has 166 valence electrons. The standard InChI is InChI=1S/C24H30ClN3O3/c1-13-6-8-18(9-7-13)26-24(31)22(29)21-15(3)20(16(4)28(21)5)23(30)27-19-11-14(2)10-17(25)12-19/h10-13,18H,6-9H2,1-5H3,(H,26,31)(H,27,30). The van der Waals surface area contributed by atoms with E-state index in [-0.39, 0.29) is 17.6 Å². The van der Waals surface area contributed by atoms with Gasteiger partial charge in [0.05, 0.1) is 11.3 Å². The number of hydrogen-bond donors (Lipinski definition) is 2. The number of benzene rings is 1. The first kappa shape index (κ1) is 23.1. The lowest BCUT2D eigenvalue weighted by molar-refractivity contribution is -0.118. The highest BCUT2D eigenvalue weighted by Crippen LogP contribution is 2.26. The molecule has 0 saturated heterocycles. The van der Waals surface area contributed by atoms with Crippen molar-refractivity contribution in [2.24, 2.45) is 13.0 Å². The van der Waals surface area contributed by atoms with Gasteiger partial charge in [-0.15, -0.1) is 0 Å². The smallest absolute Gasteiger partial charge is 0.294 e. The second-order valence-corrected chi connectivity index (χ2v) is 9.16. The zero-order valence-electron chi connectivity index (χ0n) is 18.8. The summed E-state index contributed by atoms with van der Waals surface area (Å²) in [5.74, 6) is -0.904. The quantitative estimate of drug-likeness (QED) is 0.517. The average Bonchev–Trinajstić information content (AvgIpc) is 2.90. The number of hydrogen-bond acceptors (Lipinski definition) is 3. The van der Waals surface area contributed by atoms with E-state index in [9.17, 15) is 14.4 Å². The summed E-state index contributed by atoms with van der Waals surface area (Å²) in [5, 5.41) is 6.27. The van der Waals surface area contributed by atoms with E-state index in [0.29, 0.717) is 33.4 Å². The number of nitrogens with one attached hydrogen (secondary N) is 2. The monoisotopic (exact) mass is 443 g/mol. The van der Waals surface area contributed by atoms with Crippen LogP contribution in [0.5, 0.6) is 0 Å². The van der Waals surface area contributed by atoms with Crippen molar-refractivity contribution in [3.63, 3.8) is 0 Å². The summed E-state index contributed by atoms with van der Waals surface area (Å²) in [5.41, 5.74) is 3.25. The Labute approximate surface area is 188 Å². The van der Waals surface area contributed by atoms with Crippen LogP contribution in [0.15, 0.2) is 18.2 Å². The van der Waals surface area contributed by atoms with E-state index in [4.69, 9.17) is 11.6 Å². The number of carbonyl (C=O) groups excluding carboxylic acids is 3. The molecule has 2 N–H and O–H groups in total. The van der Waals surface area contributed by atoms with Crippen molar-refractivity contribution >= 4 is 34.9 Å². The number of ketones is 1. The summed E-state index contributed by atoms with van der Waals surface area (Å²) in [6.45, 7) is 7.57. The first-order chi connectivity index (χ1) is 14.6. The van der Waals surface area contributed by atoms with Crippen LogP contribution in [0.2, 0.25) is 5.02 Å². The third-order valence-corrected chi connectivity index (χ3v) is 6.45. The number of halogens is 1. The lowest BCUT2D eigenvalue weighted by atomic mass is 9.87. The number of amides is 2. The number of aromatic nitrogens is 1. The Morgan fingerprint density at radius 2 is 1.68 bits per heavy atom. The van der Waals surface area contributed by atoms with Crippen LogP contribution in [0.25, 0.3) is 0 Å². The number of nitrogens with zero attached hydrogens (tertiary/aromatic N) is 1. The van der Waals surface area contributed by atoms with Crippen molar-refractivity contribution in [3.8, 4) is 0 Å². The second kappa shape index (κ2) is 9.27. The summed E-state index contributed by atoms with van der Waals surface area (Å²) in [6.07, 6.45) is 3.87. The second-order valence-electron chi connectivity index (χ2n) is 8.72. The van der Waals surface area contributed by atoms with Crippen LogP contribution in [0, 0.1) is 26.7 Å². The fraction of sp³-hybridized carbons (Fsp3) is 0.458. The molecular formula is C24H30ClN3O3. The van der Waals surface area contributed by atoms with Crippen LogP contribution < -0.4 is 10.6 Å². The highest BCUT2D eigenvalue weighted by molar-refractivity contribution is 6.43. The van der Waals surface area contributed by atoms with E-state index in [1.54, 1.807) is 37.6 Å². The third kappa shape index (κ3) is 5.01. The van der Waals surface area contributed by atoms with Crippen molar-refractivity contribution < 1.29 is 14.4 Å². The molecule has 1 aromatic heterocycles. The Hall–Kier alpha value is -2.60. The molecule has 2 aromatic rings. The van der Waals surface area contributed by atoms with Crippen molar-refractivity contribution in [2.45, 2.75) is 59.4 Å². The highest BCUT2D eigenvalue weighted by atomic mass is 35.5. The maximum atomic E-state index is 13.0. The zero-order valence-corrected chi connectivity index (χ0v) is 19.5. The Morgan fingerprint density at radius 3 is 2.29 bits per heavy atom. The molecule has 0 atom stereocenters. The first-order valence-electron chi connectivity index (χ1n) is 10.7. The minimum Gasteiger partial charge on any atom is -0.346 e. The van der Waals surface area contributed by atoms with E-state index in [1.807, 2.05) is 13.0 Å². The van der Waals surface area contributed by atoms with Gasteiger partial charge in [0.2, 0.25) is 0 Å². The number of Topliss-reactive ketones (excluding diaryl/α,β-unsaturated/α-hetero) is 1. The van der Waals surface area contributed by atoms with Gasteiger partial charge in [-0.2, -0.15) is 0 Å². The molecule has 1 aromatic carbocycles. The summed E-state index contributed by atoms with van der Waals surface area (Å²) in [7, 11) is 1.70. The van der Waals surface area contributed by atoms with E-state index < -0.39 is 11.7 Å². The van der Waals surface area contributed by atoms with Gasteiger partial charge in [-0.3, -0.25) is 14.4 Å². The fourth-order valence-corrected chi connectivity index (χ4v) is 4.69. The Kier molecular flexibility index (Phi) is 6.90. The molecule has 1 aliphatic carbocycles. The number of rotatable bonds is 5.